The standard InChI is InChI=1S/C32H40N2O7/c1-6-34-17-9-7-16(8-10-17)18-11-12-20(35)21-19(18)13-30(4)14-31(5)23(15(2)3)26(37)22(29(33)40)27(38)32(31,41)28(39)24(30)25(21)36/h7-12,15,22-24,26,28,34-35,37,39,41H,6,13-14H2,1-5H3,(H2,33,40)/t22?,23-,24?,26?,28?,30+,31+,32-/m0/s1. The van der Waals surface area contributed by atoms with Crippen molar-refractivity contribution in [3.05, 3.63) is 47.5 Å². The van der Waals surface area contributed by atoms with Crippen molar-refractivity contribution in [1.82, 2.24) is 0 Å². The van der Waals surface area contributed by atoms with Crippen LogP contribution in [0.2, 0.25) is 0 Å². The molecule has 7 N–H and O–H groups in total. The van der Waals surface area contributed by atoms with E-state index < -0.39 is 63.9 Å². The monoisotopic (exact) mass is 564 g/mol. The van der Waals surface area contributed by atoms with E-state index in [-0.39, 0.29) is 30.1 Å². The van der Waals surface area contributed by atoms with Crippen molar-refractivity contribution in [2.24, 2.45) is 40.2 Å². The predicted octanol–water partition coefficient (Wildman–Crippen LogP) is 2.67. The quantitative estimate of drug-likeness (QED) is 0.301. The number of phenolic OH excluding ortho intramolecular Hbond substituents is 1. The fraction of sp³-hybridized carbons (Fsp3) is 0.531. The lowest BCUT2D eigenvalue weighted by atomic mass is 9.39. The number of primary amides is 1. The first-order valence-electron chi connectivity index (χ1n) is 14.3. The molecule has 220 valence electrons. The summed E-state index contributed by atoms with van der Waals surface area (Å²) >= 11 is 0. The third-order valence-electron chi connectivity index (χ3n) is 10.2. The van der Waals surface area contributed by atoms with Gasteiger partial charge >= 0.3 is 0 Å². The Morgan fingerprint density at radius 1 is 1.10 bits per heavy atom. The van der Waals surface area contributed by atoms with Gasteiger partial charge in [0.1, 0.15) is 17.8 Å². The number of aromatic hydroxyl groups is 1. The lowest BCUT2D eigenvalue weighted by molar-refractivity contribution is -0.265. The molecule has 9 heteroatoms. The Morgan fingerprint density at radius 3 is 2.29 bits per heavy atom. The number of hydrogen-bond acceptors (Lipinski definition) is 8. The maximum absolute atomic E-state index is 14.2. The molecule has 1 amide bonds. The third kappa shape index (κ3) is 3.89. The third-order valence-corrected chi connectivity index (χ3v) is 10.2. The number of benzene rings is 2. The fourth-order valence-corrected chi connectivity index (χ4v) is 8.77. The number of rotatable bonds is 5. The average Bonchev–Trinajstić information content (AvgIpc) is 2.86. The van der Waals surface area contributed by atoms with Crippen LogP contribution in [0, 0.1) is 34.5 Å². The summed E-state index contributed by atoms with van der Waals surface area (Å²) in [5.41, 5.74) is 3.92. The van der Waals surface area contributed by atoms with E-state index in [2.05, 4.69) is 5.32 Å². The molecule has 2 aromatic rings. The van der Waals surface area contributed by atoms with Crippen molar-refractivity contribution in [2.75, 3.05) is 11.9 Å². The Hall–Kier alpha value is -3.27. The van der Waals surface area contributed by atoms with Gasteiger partial charge in [-0.25, -0.2) is 0 Å². The Bertz CT molecular complexity index is 1420. The van der Waals surface area contributed by atoms with Crippen LogP contribution in [-0.4, -0.2) is 62.3 Å². The summed E-state index contributed by atoms with van der Waals surface area (Å²) in [6.45, 7) is 9.92. The van der Waals surface area contributed by atoms with Gasteiger partial charge in [0, 0.05) is 17.6 Å². The molecule has 3 aliphatic carbocycles. The van der Waals surface area contributed by atoms with Gasteiger partial charge in [0.2, 0.25) is 5.91 Å². The van der Waals surface area contributed by atoms with Crippen molar-refractivity contribution >= 4 is 23.2 Å². The Morgan fingerprint density at radius 2 is 1.73 bits per heavy atom. The number of ketones is 2. The molecule has 9 nitrogen and oxygen atoms in total. The van der Waals surface area contributed by atoms with Gasteiger partial charge in [-0.3, -0.25) is 14.4 Å². The second-order valence-electron chi connectivity index (χ2n) is 13.1. The first kappa shape index (κ1) is 29.2. The van der Waals surface area contributed by atoms with Crippen LogP contribution in [-0.2, 0) is 16.0 Å². The zero-order valence-corrected chi connectivity index (χ0v) is 24.1. The molecule has 0 saturated heterocycles. The molecule has 3 aliphatic rings. The first-order valence-corrected chi connectivity index (χ1v) is 14.3. The molecule has 2 fully saturated rings. The average molecular weight is 565 g/mol. The normalized spacial score (nSPS) is 36.4. The van der Waals surface area contributed by atoms with Crippen molar-refractivity contribution in [2.45, 2.75) is 65.3 Å². The van der Waals surface area contributed by atoms with Crippen LogP contribution in [0.15, 0.2) is 36.4 Å². The summed E-state index contributed by atoms with van der Waals surface area (Å²) in [7, 11) is 0. The number of carbonyl (C=O) groups is 3. The van der Waals surface area contributed by atoms with Crippen LogP contribution in [0.3, 0.4) is 0 Å². The van der Waals surface area contributed by atoms with Gasteiger partial charge in [-0.1, -0.05) is 45.9 Å². The van der Waals surface area contributed by atoms with Gasteiger partial charge in [0.25, 0.3) is 0 Å². The Labute approximate surface area is 239 Å². The summed E-state index contributed by atoms with van der Waals surface area (Å²) in [5, 5.41) is 49.5. The highest BCUT2D eigenvalue weighted by molar-refractivity contribution is 6.09. The van der Waals surface area contributed by atoms with E-state index in [0.717, 1.165) is 23.4 Å². The maximum Gasteiger partial charge on any atom is 0.230 e. The minimum atomic E-state index is -2.52. The molecule has 0 aromatic heterocycles. The number of anilines is 1. The minimum Gasteiger partial charge on any atom is -0.507 e. The Balaban J connectivity index is 1.69. The summed E-state index contributed by atoms with van der Waals surface area (Å²) in [6, 6.07) is 11.0. The van der Waals surface area contributed by atoms with Crippen molar-refractivity contribution < 1.29 is 34.8 Å². The zero-order valence-electron chi connectivity index (χ0n) is 24.1. The number of nitrogens with one attached hydrogen (secondary N) is 1. The van der Waals surface area contributed by atoms with Gasteiger partial charge in [-0.15, -0.1) is 0 Å². The zero-order chi connectivity index (χ0) is 30.2. The highest BCUT2D eigenvalue weighted by Gasteiger charge is 2.75. The number of carbonyl (C=O) groups excluding carboxylic acids is 3. The Kier molecular flexibility index (Phi) is 6.88. The molecule has 2 aromatic carbocycles. The summed E-state index contributed by atoms with van der Waals surface area (Å²) < 4.78 is 0. The van der Waals surface area contributed by atoms with Crippen LogP contribution in [0.1, 0.15) is 57.0 Å². The fourth-order valence-electron chi connectivity index (χ4n) is 8.77. The van der Waals surface area contributed by atoms with E-state index in [4.69, 9.17) is 5.73 Å². The first-order chi connectivity index (χ1) is 19.1. The molecule has 0 spiro atoms. The SMILES string of the molecule is CCNc1ccc(-c2ccc(O)c3c2C[C@]2(C)C[C@]4(C)[C@@H](C(C)C)C(O)C(C(N)=O)C(=O)[C@]4(O)C(O)C2C3=O)cc1. The topological polar surface area (TPSA) is 170 Å². The van der Waals surface area contributed by atoms with Crippen LogP contribution < -0.4 is 11.1 Å². The number of fused-ring (bicyclic) bond motifs is 3. The summed E-state index contributed by atoms with van der Waals surface area (Å²) in [4.78, 5) is 40.4. The molecule has 41 heavy (non-hydrogen) atoms. The highest BCUT2D eigenvalue weighted by Crippen LogP contribution is 2.66. The van der Waals surface area contributed by atoms with E-state index in [0.29, 0.717) is 5.56 Å². The molecule has 0 aliphatic heterocycles. The molecule has 0 heterocycles. The molecule has 5 rings (SSSR count). The van der Waals surface area contributed by atoms with Crippen molar-refractivity contribution in [3.8, 4) is 16.9 Å². The second kappa shape index (κ2) is 9.64. The predicted molar refractivity (Wildman–Crippen MR) is 153 cm³/mol. The van der Waals surface area contributed by atoms with E-state index in [9.17, 15) is 34.8 Å². The van der Waals surface area contributed by atoms with E-state index >= 15 is 0 Å². The van der Waals surface area contributed by atoms with Gasteiger partial charge in [0.05, 0.1) is 17.6 Å². The van der Waals surface area contributed by atoms with Crippen LogP contribution >= 0.6 is 0 Å². The van der Waals surface area contributed by atoms with Gasteiger partial charge < -0.3 is 31.5 Å². The van der Waals surface area contributed by atoms with Gasteiger partial charge in [-0.05, 0) is 71.9 Å². The molecular formula is C32H40N2O7. The van der Waals surface area contributed by atoms with E-state index in [1.54, 1.807) is 13.0 Å². The number of phenols is 1. The largest absolute Gasteiger partial charge is 0.507 e. The van der Waals surface area contributed by atoms with Gasteiger partial charge in [0.15, 0.2) is 17.2 Å². The summed E-state index contributed by atoms with van der Waals surface area (Å²) in [6.07, 6.45) is -2.97. The van der Waals surface area contributed by atoms with E-state index in [1.807, 2.05) is 52.0 Å². The molecule has 4 unspecified atom stereocenters. The second-order valence-corrected chi connectivity index (χ2v) is 13.1. The van der Waals surface area contributed by atoms with Crippen molar-refractivity contribution in [1.29, 1.82) is 0 Å². The number of aliphatic hydroxyl groups is 3. The molecular weight excluding hydrogens is 524 g/mol. The maximum atomic E-state index is 14.2. The molecule has 0 radical (unpaired) electrons. The number of amides is 1. The van der Waals surface area contributed by atoms with Crippen LogP contribution in [0.5, 0.6) is 5.75 Å². The van der Waals surface area contributed by atoms with Crippen LogP contribution in [0.25, 0.3) is 11.1 Å². The molecule has 0 bridgehead atoms. The van der Waals surface area contributed by atoms with E-state index in [1.165, 1.54) is 6.07 Å². The smallest absolute Gasteiger partial charge is 0.230 e. The molecule has 2 saturated carbocycles. The van der Waals surface area contributed by atoms with Gasteiger partial charge in [-0.2, -0.15) is 0 Å². The number of nitrogens with two attached hydrogens (primary N) is 1. The molecule has 8 atom stereocenters. The highest BCUT2D eigenvalue weighted by atomic mass is 16.4. The summed E-state index contributed by atoms with van der Waals surface area (Å²) in [5.74, 6) is -7.03. The minimum absolute atomic E-state index is 0.0575. The van der Waals surface area contributed by atoms with Crippen LogP contribution in [0.4, 0.5) is 5.69 Å². The van der Waals surface area contributed by atoms with Crippen molar-refractivity contribution in [3.63, 3.8) is 0 Å². The number of aliphatic hydroxyl groups excluding tert-OH is 2. The number of hydrogen-bond donors (Lipinski definition) is 6. The number of Topliss-reactive ketones (excluding diaryl/α,β-unsaturated/α-hetero) is 2. The lowest BCUT2D eigenvalue weighted by Crippen LogP contribution is -2.79. The lowest BCUT2D eigenvalue weighted by Gasteiger charge is -2.66.